The van der Waals surface area contributed by atoms with Gasteiger partial charge in [0.1, 0.15) is 5.58 Å². The van der Waals surface area contributed by atoms with Gasteiger partial charge in [-0.2, -0.15) is 0 Å². The van der Waals surface area contributed by atoms with Crippen molar-refractivity contribution in [2.45, 2.75) is 5.41 Å². The lowest BCUT2D eigenvalue weighted by atomic mass is 9.67. The van der Waals surface area contributed by atoms with Crippen LogP contribution < -0.4 is 4.90 Å². The summed E-state index contributed by atoms with van der Waals surface area (Å²) >= 11 is 0. The number of nitrogens with zero attached hydrogens (tertiary/aromatic N) is 1. The maximum Gasteiger partial charge on any atom is 0.159 e. The molecule has 1 heterocycles. The van der Waals surface area contributed by atoms with Gasteiger partial charge in [0.25, 0.3) is 0 Å². The van der Waals surface area contributed by atoms with Crippen molar-refractivity contribution in [1.29, 1.82) is 0 Å². The van der Waals surface area contributed by atoms with Gasteiger partial charge in [0.05, 0.1) is 16.8 Å². The molecule has 0 saturated heterocycles. The number of hydrogen-bond acceptors (Lipinski definition) is 2. The van der Waals surface area contributed by atoms with E-state index in [1.165, 1.54) is 71.1 Å². The average Bonchev–Trinajstić information content (AvgIpc) is 4.02. The van der Waals surface area contributed by atoms with Crippen molar-refractivity contribution in [3.8, 4) is 33.4 Å². The molecule has 0 atom stereocenters. The van der Waals surface area contributed by atoms with Gasteiger partial charge < -0.3 is 9.32 Å². The van der Waals surface area contributed by atoms with E-state index in [-0.39, 0.29) is 0 Å². The fraction of sp³-hybridized carbons (Fsp3) is 0.0141. The van der Waals surface area contributed by atoms with E-state index in [9.17, 15) is 0 Å². The van der Waals surface area contributed by atoms with Crippen LogP contribution in [0.5, 0.6) is 0 Å². The Bertz CT molecular complexity index is 4420. The van der Waals surface area contributed by atoms with Gasteiger partial charge >= 0.3 is 0 Å². The first-order valence-corrected chi connectivity index (χ1v) is 25.2. The van der Waals surface area contributed by atoms with Crippen LogP contribution in [0.2, 0.25) is 0 Å². The molecule has 1 aliphatic carbocycles. The summed E-state index contributed by atoms with van der Waals surface area (Å²) in [5, 5.41) is 12.0. The third-order valence-corrected chi connectivity index (χ3v) is 15.7. The average molecular weight is 928 g/mol. The Morgan fingerprint density at radius 1 is 0.288 bits per heavy atom. The fourth-order valence-corrected chi connectivity index (χ4v) is 12.6. The van der Waals surface area contributed by atoms with Crippen LogP contribution in [0.4, 0.5) is 17.1 Å². The molecule has 0 fully saturated rings. The number of rotatable bonds is 7. The first-order chi connectivity index (χ1) is 36.2. The number of hydrogen-bond donors (Lipinski definition) is 0. The summed E-state index contributed by atoms with van der Waals surface area (Å²) < 4.78 is 7.60. The largest absolute Gasteiger partial charge is 0.453 e. The summed E-state index contributed by atoms with van der Waals surface area (Å²) in [4.78, 5) is 2.45. The van der Waals surface area contributed by atoms with E-state index in [2.05, 4.69) is 278 Å². The lowest BCUT2D eigenvalue weighted by Gasteiger charge is -2.35. The minimum absolute atomic E-state index is 0.576. The van der Waals surface area contributed by atoms with Crippen LogP contribution >= 0.6 is 0 Å². The van der Waals surface area contributed by atoms with E-state index in [0.717, 1.165) is 66.6 Å². The van der Waals surface area contributed by atoms with E-state index in [4.69, 9.17) is 4.42 Å². The highest BCUT2D eigenvalue weighted by Gasteiger charge is 2.46. The van der Waals surface area contributed by atoms with Crippen LogP contribution in [0.1, 0.15) is 22.3 Å². The molecule has 0 saturated carbocycles. The minimum atomic E-state index is -0.576. The molecule has 0 radical (unpaired) electrons. The smallest absolute Gasteiger partial charge is 0.159 e. The van der Waals surface area contributed by atoms with Crippen LogP contribution in [0.25, 0.3) is 98.4 Å². The first kappa shape index (κ1) is 41.3. The second-order valence-corrected chi connectivity index (χ2v) is 19.4. The molecule has 0 bridgehead atoms. The van der Waals surface area contributed by atoms with Gasteiger partial charge in [0.15, 0.2) is 5.58 Å². The monoisotopic (exact) mass is 927 g/mol. The second kappa shape index (κ2) is 16.3. The first-order valence-electron chi connectivity index (χ1n) is 25.2. The summed E-state index contributed by atoms with van der Waals surface area (Å²) in [6.07, 6.45) is 0. The molecule has 0 amide bonds. The van der Waals surface area contributed by atoms with Gasteiger partial charge in [-0.3, -0.25) is 0 Å². The Kier molecular flexibility index (Phi) is 9.21. The van der Waals surface area contributed by atoms with Crippen LogP contribution in [0, 0.1) is 0 Å². The predicted molar refractivity (Wildman–Crippen MR) is 307 cm³/mol. The summed E-state index contributed by atoms with van der Waals surface area (Å²) in [6.45, 7) is 0. The normalized spacial score (nSPS) is 12.8. The zero-order valence-corrected chi connectivity index (χ0v) is 39.8. The highest BCUT2D eigenvalue weighted by atomic mass is 16.3. The van der Waals surface area contributed by atoms with E-state index < -0.39 is 5.41 Å². The Morgan fingerprint density at radius 2 is 0.822 bits per heavy atom. The maximum atomic E-state index is 7.60. The highest BCUT2D eigenvalue weighted by Crippen LogP contribution is 2.58. The molecule has 14 aromatic rings. The minimum Gasteiger partial charge on any atom is -0.453 e. The lowest BCUT2D eigenvalue weighted by Crippen LogP contribution is -2.28. The summed E-state index contributed by atoms with van der Waals surface area (Å²) in [6, 6.07) is 100. The Hall–Kier alpha value is -9.50. The number of furan rings is 1. The van der Waals surface area contributed by atoms with Crippen molar-refractivity contribution in [3.05, 3.63) is 295 Å². The summed E-state index contributed by atoms with van der Waals surface area (Å²) in [5.41, 5.74) is 16.1. The summed E-state index contributed by atoms with van der Waals surface area (Å²) in [7, 11) is 0. The molecule has 1 aromatic heterocycles. The van der Waals surface area contributed by atoms with Crippen LogP contribution in [-0.4, -0.2) is 0 Å². The topological polar surface area (TPSA) is 16.4 Å². The van der Waals surface area contributed by atoms with E-state index in [0.29, 0.717) is 0 Å². The second-order valence-electron chi connectivity index (χ2n) is 19.4. The van der Waals surface area contributed by atoms with E-state index in [1.54, 1.807) is 0 Å². The van der Waals surface area contributed by atoms with Gasteiger partial charge in [-0.05, 0) is 124 Å². The molecule has 340 valence electrons. The summed E-state index contributed by atoms with van der Waals surface area (Å²) in [5.74, 6) is 0. The standard InChI is InChI=1S/C71H45NO/c1-4-21-46(22-5-1)52-28-17-19-37-66(52)72(51-40-42-60-59-34-16-18-36-64(59)71(65(60)45-51,49-24-6-2-7-25-49)50-26-8-3-9-27-50)67-38-20-35-61-63-43-47-23-10-11-29-53(47)68(70(63)73-69(61)67)48-39-41-58-56-32-13-12-30-54(56)55-31-14-15-33-57(55)62(58)44-48/h1-45H. The molecule has 73 heavy (non-hydrogen) atoms. The Morgan fingerprint density at radius 3 is 1.53 bits per heavy atom. The van der Waals surface area contributed by atoms with Gasteiger partial charge in [-0.25, -0.2) is 0 Å². The zero-order valence-electron chi connectivity index (χ0n) is 39.8. The molecular formula is C71H45NO. The third kappa shape index (κ3) is 6.11. The van der Waals surface area contributed by atoms with Crippen molar-refractivity contribution < 1.29 is 4.42 Å². The Balaban J connectivity index is 1.02. The number of benzene rings is 13. The number of fused-ring (bicyclic) bond motifs is 13. The van der Waals surface area contributed by atoms with Crippen LogP contribution in [-0.2, 0) is 5.41 Å². The van der Waals surface area contributed by atoms with Crippen molar-refractivity contribution in [2.75, 3.05) is 4.90 Å². The molecule has 0 aliphatic heterocycles. The number of anilines is 3. The molecule has 13 aromatic carbocycles. The maximum absolute atomic E-state index is 7.60. The molecule has 2 nitrogen and oxygen atoms in total. The van der Waals surface area contributed by atoms with E-state index in [1.807, 2.05) is 0 Å². The van der Waals surface area contributed by atoms with Gasteiger partial charge in [-0.15, -0.1) is 0 Å². The van der Waals surface area contributed by atoms with Crippen LogP contribution in [0.15, 0.2) is 277 Å². The van der Waals surface area contributed by atoms with Gasteiger partial charge in [0, 0.05) is 27.6 Å². The van der Waals surface area contributed by atoms with Crippen molar-refractivity contribution in [2.24, 2.45) is 0 Å². The SMILES string of the molecule is c1ccc(-c2ccccc2N(c2ccc3c(c2)C(c2ccccc2)(c2ccccc2)c2ccccc2-3)c2cccc3c2oc2c(-c4ccc5c6ccccc6c6ccccc6c5c4)c4ccccc4cc23)cc1. The highest BCUT2D eigenvalue weighted by molar-refractivity contribution is 6.27. The van der Waals surface area contributed by atoms with Crippen molar-refractivity contribution in [3.63, 3.8) is 0 Å². The van der Waals surface area contributed by atoms with Crippen molar-refractivity contribution >= 4 is 82.1 Å². The molecular weight excluding hydrogens is 883 g/mol. The zero-order chi connectivity index (χ0) is 48.0. The van der Waals surface area contributed by atoms with E-state index >= 15 is 0 Å². The van der Waals surface area contributed by atoms with Gasteiger partial charge in [-0.1, -0.05) is 237 Å². The van der Waals surface area contributed by atoms with Gasteiger partial charge in [0.2, 0.25) is 0 Å². The fourth-order valence-electron chi connectivity index (χ4n) is 12.6. The Labute approximate surface area is 423 Å². The molecule has 0 N–H and O–H groups in total. The quantitative estimate of drug-likeness (QED) is 0.148. The lowest BCUT2D eigenvalue weighted by molar-refractivity contribution is 0.670. The molecule has 15 rings (SSSR count). The number of para-hydroxylation sites is 2. The molecule has 1 aliphatic rings. The third-order valence-electron chi connectivity index (χ3n) is 15.7. The van der Waals surface area contributed by atoms with Crippen molar-refractivity contribution in [1.82, 2.24) is 0 Å². The predicted octanol–water partition coefficient (Wildman–Crippen LogP) is 19.4. The molecule has 0 spiro atoms. The molecule has 2 heteroatoms. The van der Waals surface area contributed by atoms with Crippen LogP contribution in [0.3, 0.4) is 0 Å². The molecule has 0 unspecified atom stereocenters.